The number of nitrogens with two attached hydrogens (primary N) is 1. The molecule has 1 aliphatic carbocycles. The van der Waals surface area contributed by atoms with Crippen LogP contribution in [0.4, 0.5) is 0 Å². The minimum atomic E-state index is 0.317. The van der Waals surface area contributed by atoms with Crippen molar-refractivity contribution >= 4 is 0 Å². The molecule has 2 aliphatic rings. The van der Waals surface area contributed by atoms with Gasteiger partial charge < -0.3 is 10.5 Å². The van der Waals surface area contributed by atoms with Gasteiger partial charge in [0.1, 0.15) is 0 Å². The van der Waals surface area contributed by atoms with Crippen LogP contribution in [0.15, 0.2) is 0 Å². The standard InChI is InChI=1S/C10H19NO/c11-9(7-8-3-1-4-8)10-5-2-6-12-10/h8-10H,1-7,11H2. The van der Waals surface area contributed by atoms with Crippen molar-refractivity contribution in [3.63, 3.8) is 0 Å². The van der Waals surface area contributed by atoms with Gasteiger partial charge >= 0.3 is 0 Å². The number of ether oxygens (including phenoxy) is 1. The van der Waals surface area contributed by atoms with E-state index in [-0.39, 0.29) is 0 Å². The summed E-state index contributed by atoms with van der Waals surface area (Å²) in [6.45, 7) is 0.934. The number of hydrogen-bond acceptors (Lipinski definition) is 2. The molecule has 12 heavy (non-hydrogen) atoms. The molecule has 0 aromatic rings. The summed E-state index contributed by atoms with van der Waals surface area (Å²) in [7, 11) is 0. The Balaban J connectivity index is 1.71. The van der Waals surface area contributed by atoms with Crippen LogP contribution in [0.1, 0.15) is 38.5 Å². The molecule has 1 aliphatic heterocycles. The van der Waals surface area contributed by atoms with Gasteiger partial charge in [-0.3, -0.25) is 0 Å². The highest BCUT2D eigenvalue weighted by Gasteiger charge is 2.27. The smallest absolute Gasteiger partial charge is 0.0726 e. The molecule has 0 spiro atoms. The van der Waals surface area contributed by atoms with Crippen molar-refractivity contribution in [2.75, 3.05) is 6.61 Å². The molecule has 2 nitrogen and oxygen atoms in total. The summed E-state index contributed by atoms with van der Waals surface area (Å²) >= 11 is 0. The van der Waals surface area contributed by atoms with Crippen molar-refractivity contribution in [3.8, 4) is 0 Å². The lowest BCUT2D eigenvalue weighted by molar-refractivity contribution is 0.0766. The summed E-state index contributed by atoms with van der Waals surface area (Å²) in [5, 5.41) is 0. The SMILES string of the molecule is NC(CC1CCC1)C1CCCO1. The van der Waals surface area contributed by atoms with Crippen molar-refractivity contribution in [2.24, 2.45) is 11.7 Å². The zero-order chi connectivity index (χ0) is 8.39. The molecule has 2 fully saturated rings. The predicted molar refractivity (Wildman–Crippen MR) is 48.9 cm³/mol. The molecule has 0 amide bonds. The van der Waals surface area contributed by atoms with E-state index in [1.807, 2.05) is 0 Å². The summed E-state index contributed by atoms with van der Waals surface area (Å²) in [5.74, 6) is 0.921. The van der Waals surface area contributed by atoms with Gasteiger partial charge in [-0.15, -0.1) is 0 Å². The van der Waals surface area contributed by atoms with Gasteiger partial charge in [0.2, 0.25) is 0 Å². The monoisotopic (exact) mass is 169 g/mol. The Morgan fingerprint density at radius 1 is 1.25 bits per heavy atom. The van der Waals surface area contributed by atoms with E-state index in [0.29, 0.717) is 12.1 Å². The molecule has 2 atom stereocenters. The summed E-state index contributed by atoms with van der Waals surface area (Å²) in [4.78, 5) is 0. The summed E-state index contributed by atoms with van der Waals surface area (Å²) in [6, 6.07) is 0.317. The highest BCUT2D eigenvalue weighted by molar-refractivity contribution is 4.82. The fraction of sp³-hybridized carbons (Fsp3) is 1.00. The van der Waals surface area contributed by atoms with E-state index >= 15 is 0 Å². The van der Waals surface area contributed by atoms with Crippen molar-refractivity contribution in [1.82, 2.24) is 0 Å². The van der Waals surface area contributed by atoms with Gasteiger partial charge in [0.25, 0.3) is 0 Å². The van der Waals surface area contributed by atoms with E-state index in [2.05, 4.69) is 0 Å². The quantitative estimate of drug-likeness (QED) is 0.697. The van der Waals surface area contributed by atoms with Crippen molar-refractivity contribution in [3.05, 3.63) is 0 Å². The first-order chi connectivity index (χ1) is 5.86. The first kappa shape index (κ1) is 8.52. The second kappa shape index (κ2) is 3.75. The average molecular weight is 169 g/mol. The van der Waals surface area contributed by atoms with Crippen LogP contribution in [-0.2, 0) is 4.74 Å². The lowest BCUT2D eigenvalue weighted by atomic mass is 9.80. The molecule has 2 unspecified atom stereocenters. The van der Waals surface area contributed by atoms with Crippen LogP contribution < -0.4 is 5.73 Å². The Bertz CT molecular complexity index is 139. The minimum absolute atomic E-state index is 0.317. The molecule has 70 valence electrons. The molecule has 1 saturated heterocycles. The maximum Gasteiger partial charge on any atom is 0.0726 e. The van der Waals surface area contributed by atoms with Crippen LogP contribution in [-0.4, -0.2) is 18.8 Å². The van der Waals surface area contributed by atoms with E-state index in [9.17, 15) is 0 Å². The number of hydrogen-bond donors (Lipinski definition) is 1. The van der Waals surface area contributed by atoms with Crippen LogP contribution in [0.2, 0.25) is 0 Å². The maximum atomic E-state index is 6.06. The maximum absolute atomic E-state index is 6.06. The van der Waals surface area contributed by atoms with Gasteiger partial charge in [-0.2, -0.15) is 0 Å². The van der Waals surface area contributed by atoms with Crippen LogP contribution in [0.5, 0.6) is 0 Å². The van der Waals surface area contributed by atoms with Crippen LogP contribution in [0.3, 0.4) is 0 Å². The van der Waals surface area contributed by atoms with Gasteiger partial charge in [0.15, 0.2) is 0 Å². The Morgan fingerprint density at radius 3 is 2.58 bits per heavy atom. The van der Waals surface area contributed by atoms with Crippen molar-refractivity contribution in [1.29, 1.82) is 0 Å². The lowest BCUT2D eigenvalue weighted by Crippen LogP contribution is -2.37. The molecule has 0 aromatic carbocycles. The van der Waals surface area contributed by atoms with E-state index in [1.54, 1.807) is 0 Å². The summed E-state index contributed by atoms with van der Waals surface area (Å²) in [6.07, 6.45) is 8.20. The van der Waals surface area contributed by atoms with E-state index in [0.717, 1.165) is 12.5 Å². The van der Waals surface area contributed by atoms with Crippen molar-refractivity contribution in [2.45, 2.75) is 50.7 Å². The second-order valence-corrected chi connectivity index (χ2v) is 4.25. The molecule has 2 rings (SSSR count). The van der Waals surface area contributed by atoms with Gasteiger partial charge in [-0.25, -0.2) is 0 Å². The summed E-state index contributed by atoms with van der Waals surface area (Å²) in [5.41, 5.74) is 6.06. The zero-order valence-corrected chi connectivity index (χ0v) is 7.67. The fourth-order valence-corrected chi connectivity index (χ4v) is 2.21. The highest BCUT2D eigenvalue weighted by atomic mass is 16.5. The van der Waals surface area contributed by atoms with Gasteiger partial charge in [0, 0.05) is 12.6 Å². The lowest BCUT2D eigenvalue weighted by Gasteiger charge is -2.30. The summed E-state index contributed by atoms with van der Waals surface area (Å²) < 4.78 is 5.56. The third kappa shape index (κ3) is 1.80. The largest absolute Gasteiger partial charge is 0.377 e. The normalized spacial score (nSPS) is 33.2. The second-order valence-electron chi connectivity index (χ2n) is 4.25. The highest BCUT2D eigenvalue weighted by Crippen LogP contribution is 2.31. The molecule has 1 saturated carbocycles. The topological polar surface area (TPSA) is 35.2 Å². The zero-order valence-electron chi connectivity index (χ0n) is 7.67. The third-order valence-electron chi connectivity index (χ3n) is 3.27. The van der Waals surface area contributed by atoms with E-state index in [4.69, 9.17) is 10.5 Å². The average Bonchev–Trinajstić information content (AvgIpc) is 2.47. The van der Waals surface area contributed by atoms with Crippen LogP contribution in [0, 0.1) is 5.92 Å². The van der Waals surface area contributed by atoms with Gasteiger partial charge in [-0.1, -0.05) is 19.3 Å². The Labute approximate surface area is 74.5 Å². The molecule has 1 heterocycles. The molecule has 2 N–H and O–H groups in total. The van der Waals surface area contributed by atoms with Gasteiger partial charge in [0.05, 0.1) is 6.10 Å². The molecular weight excluding hydrogens is 150 g/mol. The molecular formula is C10H19NO. The fourth-order valence-electron chi connectivity index (χ4n) is 2.21. The molecule has 2 heteroatoms. The Morgan fingerprint density at radius 2 is 2.08 bits per heavy atom. The van der Waals surface area contributed by atoms with E-state index in [1.165, 1.54) is 38.5 Å². The third-order valence-corrected chi connectivity index (χ3v) is 3.27. The van der Waals surface area contributed by atoms with Crippen molar-refractivity contribution < 1.29 is 4.74 Å². The van der Waals surface area contributed by atoms with Gasteiger partial charge in [-0.05, 0) is 25.2 Å². The van der Waals surface area contributed by atoms with E-state index < -0.39 is 0 Å². The van der Waals surface area contributed by atoms with Crippen LogP contribution >= 0.6 is 0 Å². The number of rotatable bonds is 3. The molecule has 0 aromatic heterocycles. The minimum Gasteiger partial charge on any atom is -0.377 e. The molecule has 0 radical (unpaired) electrons. The Kier molecular flexibility index (Phi) is 2.66. The Hall–Kier alpha value is -0.0800. The van der Waals surface area contributed by atoms with Crippen LogP contribution in [0.25, 0.3) is 0 Å². The first-order valence-electron chi connectivity index (χ1n) is 5.23. The molecule has 0 bridgehead atoms. The first-order valence-corrected chi connectivity index (χ1v) is 5.23. The predicted octanol–water partition coefficient (Wildman–Crippen LogP) is 1.68.